The second-order valence-corrected chi connectivity index (χ2v) is 18.2. The van der Waals surface area contributed by atoms with Crippen molar-refractivity contribution < 1.29 is 66.7 Å². The molecule has 62 heavy (non-hydrogen) atoms. The number of aliphatic hydroxyl groups is 2. The summed E-state index contributed by atoms with van der Waals surface area (Å²) in [6.45, 7) is 1.57. The third kappa shape index (κ3) is 44.4. The molecule has 0 saturated heterocycles. The molecule has 0 heterocycles. The molecule has 0 fully saturated rings. The lowest BCUT2D eigenvalue weighted by Gasteiger charge is -2.20. The molecule has 4 atom stereocenters. The maximum absolute atomic E-state index is 12.7. The van der Waals surface area contributed by atoms with E-state index in [-0.39, 0.29) is 12.8 Å². The van der Waals surface area contributed by atoms with Gasteiger partial charge in [-0.2, -0.15) is 0 Å². The number of ether oxygens (including phenoxy) is 2. The van der Waals surface area contributed by atoms with E-state index in [1.807, 2.05) is 18.2 Å². The highest BCUT2D eigenvalue weighted by Crippen LogP contribution is 2.43. The van der Waals surface area contributed by atoms with Crippen LogP contribution >= 0.6 is 15.6 Å². The molecule has 0 aromatic heterocycles. The summed E-state index contributed by atoms with van der Waals surface area (Å²) in [6, 6.07) is 0. The Balaban J connectivity index is 4.66. The van der Waals surface area contributed by atoms with E-state index in [0.29, 0.717) is 25.7 Å². The molecule has 0 aromatic carbocycles. The van der Waals surface area contributed by atoms with Crippen molar-refractivity contribution in [1.29, 1.82) is 0 Å². The molecule has 360 valence electrons. The Morgan fingerprint density at radius 1 is 0.532 bits per heavy atom. The molecule has 16 heteroatoms. The van der Waals surface area contributed by atoms with Crippen molar-refractivity contribution >= 4 is 27.6 Å². The summed E-state index contributed by atoms with van der Waals surface area (Å²) in [6.07, 6.45) is 40.9. The first-order valence-electron chi connectivity index (χ1n) is 23.1. The van der Waals surface area contributed by atoms with Gasteiger partial charge in [0.25, 0.3) is 0 Å². The molecule has 0 aromatic rings. The average Bonchev–Trinajstić information content (AvgIpc) is 3.23. The molecular weight excluding hydrogens is 838 g/mol. The number of allylic oxidation sites excluding steroid dienone is 8. The first kappa shape index (κ1) is 59.8. The summed E-state index contributed by atoms with van der Waals surface area (Å²) >= 11 is 0. The van der Waals surface area contributed by atoms with Gasteiger partial charge in [0, 0.05) is 12.8 Å². The van der Waals surface area contributed by atoms with Crippen LogP contribution in [0, 0.1) is 0 Å². The average molecular weight is 921 g/mol. The first-order chi connectivity index (χ1) is 29.8. The predicted octanol–water partition coefficient (Wildman–Crippen LogP) is 11.0. The van der Waals surface area contributed by atoms with Gasteiger partial charge in [-0.3, -0.25) is 23.2 Å². The maximum Gasteiger partial charge on any atom is 0.472 e. The highest BCUT2D eigenvalue weighted by atomic mass is 31.2. The van der Waals surface area contributed by atoms with Gasteiger partial charge in [0.1, 0.15) is 12.7 Å². The van der Waals surface area contributed by atoms with Gasteiger partial charge in [0.05, 0.1) is 25.9 Å². The van der Waals surface area contributed by atoms with Crippen molar-refractivity contribution in [2.45, 2.75) is 193 Å². The van der Waals surface area contributed by atoms with Crippen molar-refractivity contribution in [3.05, 3.63) is 60.8 Å². The summed E-state index contributed by atoms with van der Waals surface area (Å²) in [7, 11) is -9.72. The van der Waals surface area contributed by atoms with E-state index in [1.54, 1.807) is 18.2 Å². The van der Waals surface area contributed by atoms with E-state index in [9.17, 15) is 33.8 Å². The van der Waals surface area contributed by atoms with Gasteiger partial charge in [0.15, 0.2) is 6.10 Å². The van der Waals surface area contributed by atoms with Crippen molar-refractivity contribution in [1.82, 2.24) is 0 Å². The molecule has 0 radical (unpaired) electrons. The van der Waals surface area contributed by atoms with Gasteiger partial charge in [0.2, 0.25) is 0 Å². The lowest BCUT2D eigenvalue weighted by molar-refractivity contribution is -0.161. The van der Waals surface area contributed by atoms with E-state index in [1.165, 1.54) is 70.6 Å². The standard InChI is InChI=1S/C46H82O14P2/c1-3-5-7-9-11-13-14-15-16-17-18-19-20-22-24-28-33-37-46(50)60-44(41-59-62(54,55)58-39-43(48)38-57-61(51,52)53)40-56-45(49)36-32-29-25-27-31-35-42(47)34-30-26-23-21-12-10-8-6-4-2/h12,15-16,21,25-27,30-31,35,42-44,47-48H,3-11,13-14,17-20,22-24,28-29,32-34,36-41H2,1-2H3,(H,54,55)(H2,51,52,53)/b16-15-,21-12-,27-25+,30-26-,35-31-/t42?,43-,44+/m0/s1. The zero-order valence-corrected chi connectivity index (χ0v) is 39.6. The lowest BCUT2D eigenvalue weighted by atomic mass is 10.1. The molecule has 0 rings (SSSR count). The van der Waals surface area contributed by atoms with Gasteiger partial charge >= 0.3 is 27.6 Å². The Hall–Kier alpha value is -2.22. The number of esters is 2. The van der Waals surface area contributed by atoms with Crippen molar-refractivity contribution in [2.24, 2.45) is 0 Å². The van der Waals surface area contributed by atoms with E-state index < -0.39 is 72.3 Å². The number of hydrogen-bond acceptors (Lipinski definition) is 11. The van der Waals surface area contributed by atoms with Gasteiger partial charge in [-0.15, -0.1) is 0 Å². The molecule has 0 amide bonds. The Bertz CT molecular complexity index is 1340. The fourth-order valence-corrected chi connectivity index (χ4v) is 7.04. The first-order valence-corrected chi connectivity index (χ1v) is 26.1. The van der Waals surface area contributed by atoms with Crippen LogP contribution in [0.4, 0.5) is 0 Å². The fraction of sp³-hybridized carbons (Fsp3) is 0.739. The zero-order chi connectivity index (χ0) is 46.0. The highest BCUT2D eigenvalue weighted by Gasteiger charge is 2.28. The minimum Gasteiger partial charge on any atom is -0.462 e. The quantitative estimate of drug-likeness (QED) is 0.0126. The van der Waals surface area contributed by atoms with E-state index in [2.05, 4.69) is 47.2 Å². The molecule has 0 aliphatic heterocycles. The van der Waals surface area contributed by atoms with Crippen molar-refractivity contribution in [2.75, 3.05) is 26.4 Å². The molecule has 0 saturated carbocycles. The Morgan fingerprint density at radius 3 is 1.68 bits per heavy atom. The normalized spacial score (nSPS) is 15.0. The number of rotatable bonds is 43. The van der Waals surface area contributed by atoms with Crippen LogP contribution in [0.25, 0.3) is 0 Å². The Morgan fingerprint density at radius 2 is 1.03 bits per heavy atom. The molecule has 14 nitrogen and oxygen atoms in total. The van der Waals surface area contributed by atoms with Gasteiger partial charge in [-0.25, -0.2) is 9.13 Å². The Labute approximate surface area is 373 Å². The predicted molar refractivity (Wildman–Crippen MR) is 245 cm³/mol. The smallest absolute Gasteiger partial charge is 0.462 e. The van der Waals surface area contributed by atoms with E-state index >= 15 is 0 Å². The van der Waals surface area contributed by atoms with Gasteiger partial charge in [-0.05, 0) is 70.6 Å². The van der Waals surface area contributed by atoms with Crippen LogP contribution in [-0.4, -0.2) is 81.6 Å². The molecule has 0 aliphatic carbocycles. The number of phosphoric ester groups is 2. The largest absolute Gasteiger partial charge is 0.472 e. The summed E-state index contributed by atoms with van der Waals surface area (Å²) in [5, 5.41) is 19.9. The van der Waals surface area contributed by atoms with Crippen molar-refractivity contribution in [3.63, 3.8) is 0 Å². The van der Waals surface area contributed by atoms with Crippen LogP contribution in [0.2, 0.25) is 0 Å². The fourth-order valence-electron chi connectivity index (χ4n) is 5.89. The molecule has 2 unspecified atom stereocenters. The number of phosphoric acid groups is 2. The van der Waals surface area contributed by atoms with Gasteiger partial charge < -0.3 is 34.4 Å². The molecule has 5 N–H and O–H groups in total. The molecule has 0 bridgehead atoms. The number of carbonyl (C=O) groups excluding carboxylic acids is 2. The summed E-state index contributed by atoms with van der Waals surface area (Å²) < 4.78 is 47.7. The van der Waals surface area contributed by atoms with Crippen LogP contribution in [0.1, 0.15) is 174 Å². The molecule has 0 spiro atoms. The van der Waals surface area contributed by atoms with Crippen LogP contribution in [0.15, 0.2) is 60.8 Å². The maximum atomic E-state index is 12.7. The molecular formula is C46H82O14P2. The molecule has 0 aliphatic rings. The van der Waals surface area contributed by atoms with Crippen LogP contribution in [0.3, 0.4) is 0 Å². The highest BCUT2D eigenvalue weighted by molar-refractivity contribution is 7.47. The minimum absolute atomic E-state index is 0.0577. The number of unbranched alkanes of at least 4 members (excludes halogenated alkanes) is 17. The monoisotopic (exact) mass is 921 g/mol. The number of hydrogen-bond donors (Lipinski definition) is 5. The third-order valence-electron chi connectivity index (χ3n) is 9.45. The lowest BCUT2D eigenvalue weighted by Crippen LogP contribution is -2.30. The topological polar surface area (TPSA) is 216 Å². The van der Waals surface area contributed by atoms with E-state index in [4.69, 9.17) is 23.8 Å². The van der Waals surface area contributed by atoms with E-state index in [0.717, 1.165) is 51.4 Å². The minimum atomic E-state index is -4.88. The second kappa shape index (κ2) is 41.5. The van der Waals surface area contributed by atoms with Gasteiger partial charge in [-0.1, -0.05) is 152 Å². The van der Waals surface area contributed by atoms with Crippen LogP contribution in [0.5, 0.6) is 0 Å². The SMILES string of the molecule is CCCCC/C=C\C/C=C\CC(O)/C=C\C=C\CCCC(=O)OC[C@H](COP(=O)(O)OC[C@@H](O)COP(=O)(O)O)OC(=O)CCCCCCCCC/C=C\CCCCCCCC. The summed E-state index contributed by atoms with van der Waals surface area (Å²) in [5.74, 6) is -1.17. The van der Waals surface area contributed by atoms with Crippen LogP contribution < -0.4 is 0 Å². The Kier molecular flexibility index (Phi) is 40.0. The number of carbonyl (C=O) groups is 2. The zero-order valence-electron chi connectivity index (χ0n) is 37.8. The third-order valence-corrected chi connectivity index (χ3v) is 10.9. The second-order valence-electron chi connectivity index (χ2n) is 15.5. The van der Waals surface area contributed by atoms with Crippen LogP contribution in [-0.2, 0) is 41.8 Å². The summed E-state index contributed by atoms with van der Waals surface area (Å²) in [5.41, 5.74) is 0. The number of aliphatic hydroxyl groups excluding tert-OH is 2. The van der Waals surface area contributed by atoms with Crippen molar-refractivity contribution in [3.8, 4) is 0 Å². The summed E-state index contributed by atoms with van der Waals surface area (Å²) in [4.78, 5) is 52.7.